The Bertz CT molecular complexity index is 1410. The van der Waals surface area contributed by atoms with Crippen molar-refractivity contribution in [2.24, 2.45) is 0 Å². The summed E-state index contributed by atoms with van der Waals surface area (Å²) < 4.78 is 131. The van der Waals surface area contributed by atoms with Gasteiger partial charge in [0.05, 0.1) is 17.1 Å². The van der Waals surface area contributed by atoms with E-state index in [1.54, 1.807) is 0 Å². The van der Waals surface area contributed by atoms with Crippen LogP contribution in [0, 0.1) is 5.82 Å². The van der Waals surface area contributed by atoms with Crippen molar-refractivity contribution in [2.75, 3.05) is 16.2 Å². The van der Waals surface area contributed by atoms with Gasteiger partial charge in [0.1, 0.15) is 11.8 Å². The molecule has 2 aromatic rings. The van der Waals surface area contributed by atoms with Gasteiger partial charge in [-0.3, -0.25) is 19.4 Å². The lowest BCUT2D eigenvalue weighted by Gasteiger charge is -2.36. The van der Waals surface area contributed by atoms with Crippen LogP contribution in [0.15, 0.2) is 35.4 Å². The standard InChI is InChI=1S/C22H20F7N3O7S/c1-20(2,22(27,28)29)39-19(35)31-11-7-14(23)18-15(8-11)32(10-12(38-18)3-4-17(33)34)40(36,37)13-5-6-30-16(9-13)21(24,25)26/h5-9,12H,3-4,10H2,1-2H3,(H,31,35)(H,33,34)/t12-/m0/s1. The molecule has 0 fully saturated rings. The van der Waals surface area contributed by atoms with Gasteiger partial charge in [0, 0.05) is 24.4 Å². The molecule has 1 atom stereocenters. The highest BCUT2D eigenvalue weighted by molar-refractivity contribution is 7.92. The number of anilines is 2. The molecule has 1 aliphatic rings. The lowest BCUT2D eigenvalue weighted by Crippen LogP contribution is -2.44. The summed E-state index contributed by atoms with van der Waals surface area (Å²) in [5, 5.41) is 10.8. The number of carbonyl (C=O) groups excluding carboxylic acids is 1. The third kappa shape index (κ3) is 6.65. The Morgan fingerprint density at radius 1 is 1.18 bits per heavy atom. The molecular weight excluding hydrogens is 583 g/mol. The predicted octanol–water partition coefficient (Wildman–Crippen LogP) is 4.95. The molecule has 220 valence electrons. The molecule has 18 heteroatoms. The summed E-state index contributed by atoms with van der Waals surface area (Å²) in [6.07, 6.45) is -13.2. The van der Waals surface area contributed by atoms with Crippen LogP contribution >= 0.6 is 0 Å². The average Bonchev–Trinajstić information content (AvgIpc) is 2.81. The van der Waals surface area contributed by atoms with Gasteiger partial charge in [-0.15, -0.1) is 0 Å². The average molecular weight is 603 g/mol. The largest absolute Gasteiger partial charge is 0.483 e. The molecule has 0 bridgehead atoms. The van der Waals surface area contributed by atoms with Crippen LogP contribution in [0.25, 0.3) is 0 Å². The van der Waals surface area contributed by atoms with Crippen LogP contribution in [0.1, 0.15) is 32.4 Å². The van der Waals surface area contributed by atoms with Crippen LogP contribution in [-0.2, 0) is 25.7 Å². The molecule has 10 nitrogen and oxygen atoms in total. The minimum absolute atomic E-state index is 0.228. The molecule has 1 aliphatic heterocycles. The van der Waals surface area contributed by atoms with E-state index >= 15 is 4.39 Å². The molecule has 1 aromatic carbocycles. The van der Waals surface area contributed by atoms with Gasteiger partial charge >= 0.3 is 24.4 Å². The van der Waals surface area contributed by atoms with Gasteiger partial charge in [0.25, 0.3) is 10.0 Å². The number of hydrogen-bond donors (Lipinski definition) is 2. The maximum Gasteiger partial charge on any atom is 0.433 e. The Kier molecular flexibility index (Phi) is 8.16. The Morgan fingerprint density at radius 2 is 1.82 bits per heavy atom. The van der Waals surface area contributed by atoms with E-state index in [1.807, 2.05) is 5.32 Å². The number of rotatable bonds is 7. The van der Waals surface area contributed by atoms with Crippen molar-refractivity contribution in [1.29, 1.82) is 0 Å². The summed E-state index contributed by atoms with van der Waals surface area (Å²) in [6.45, 7) is 0.396. The number of alkyl halides is 6. The number of fused-ring (bicyclic) bond motifs is 1. The highest BCUT2D eigenvalue weighted by Gasteiger charge is 2.51. The number of amides is 1. The first-order valence-electron chi connectivity index (χ1n) is 11.1. The second-order valence-corrected chi connectivity index (χ2v) is 10.8. The van der Waals surface area contributed by atoms with Crippen molar-refractivity contribution in [3.05, 3.63) is 42.0 Å². The van der Waals surface area contributed by atoms with Gasteiger partial charge in [-0.1, -0.05) is 0 Å². The zero-order valence-corrected chi connectivity index (χ0v) is 21.2. The third-order valence-electron chi connectivity index (χ3n) is 5.51. The smallest absolute Gasteiger partial charge is 0.433 e. The summed E-state index contributed by atoms with van der Waals surface area (Å²) in [7, 11) is -4.93. The predicted molar refractivity (Wildman–Crippen MR) is 122 cm³/mol. The van der Waals surface area contributed by atoms with E-state index in [-0.39, 0.29) is 12.5 Å². The maximum absolute atomic E-state index is 15.1. The minimum atomic E-state index is -5.02. The van der Waals surface area contributed by atoms with Crippen LogP contribution in [-0.4, -0.2) is 55.0 Å². The quantitative estimate of drug-likeness (QED) is 0.425. The van der Waals surface area contributed by atoms with Gasteiger partial charge in [-0.2, -0.15) is 26.3 Å². The van der Waals surface area contributed by atoms with E-state index in [0.717, 1.165) is 12.1 Å². The van der Waals surface area contributed by atoms with E-state index in [1.165, 1.54) is 0 Å². The second kappa shape index (κ2) is 10.6. The van der Waals surface area contributed by atoms with Crippen LogP contribution < -0.4 is 14.4 Å². The number of carboxylic acids is 1. The van der Waals surface area contributed by atoms with E-state index in [2.05, 4.69) is 9.72 Å². The van der Waals surface area contributed by atoms with Crippen LogP contribution in [0.5, 0.6) is 5.75 Å². The Hall–Kier alpha value is -3.83. The lowest BCUT2D eigenvalue weighted by atomic mass is 10.1. The molecule has 0 radical (unpaired) electrons. The number of benzene rings is 1. The summed E-state index contributed by atoms with van der Waals surface area (Å²) in [5.74, 6) is -3.38. The Morgan fingerprint density at radius 3 is 2.40 bits per heavy atom. The van der Waals surface area contributed by atoms with Crippen molar-refractivity contribution in [3.8, 4) is 5.75 Å². The normalized spacial score (nSPS) is 16.1. The molecule has 0 aliphatic carbocycles. The second-order valence-electron chi connectivity index (χ2n) is 8.91. The first-order chi connectivity index (χ1) is 18.2. The van der Waals surface area contributed by atoms with Crippen LogP contribution in [0.4, 0.5) is 46.9 Å². The fraction of sp³-hybridized carbons (Fsp3) is 0.409. The Labute approximate surface area is 221 Å². The number of aromatic nitrogens is 1. The van der Waals surface area contributed by atoms with Crippen molar-refractivity contribution in [1.82, 2.24) is 4.98 Å². The lowest BCUT2D eigenvalue weighted by molar-refractivity contribution is -0.242. The molecule has 0 unspecified atom stereocenters. The minimum Gasteiger partial charge on any atom is -0.483 e. The first-order valence-corrected chi connectivity index (χ1v) is 12.5. The molecule has 2 N–H and O–H groups in total. The maximum atomic E-state index is 15.1. The highest BCUT2D eigenvalue weighted by Crippen LogP contribution is 2.42. The van der Waals surface area contributed by atoms with Gasteiger partial charge in [0.2, 0.25) is 5.60 Å². The highest BCUT2D eigenvalue weighted by atomic mass is 32.2. The number of pyridine rings is 1. The summed E-state index contributed by atoms with van der Waals surface area (Å²) in [4.78, 5) is 25.3. The van der Waals surface area contributed by atoms with E-state index in [9.17, 15) is 44.3 Å². The van der Waals surface area contributed by atoms with Crippen molar-refractivity contribution in [2.45, 2.75) is 55.6 Å². The summed E-state index contributed by atoms with van der Waals surface area (Å²) >= 11 is 0. The number of halogens is 7. The first kappa shape index (κ1) is 30.7. The molecule has 0 saturated carbocycles. The third-order valence-corrected chi connectivity index (χ3v) is 7.29. The van der Waals surface area contributed by atoms with Crippen molar-refractivity contribution in [3.63, 3.8) is 0 Å². The fourth-order valence-corrected chi connectivity index (χ4v) is 4.89. The zero-order valence-electron chi connectivity index (χ0n) is 20.4. The Balaban J connectivity index is 2.06. The molecule has 40 heavy (non-hydrogen) atoms. The monoisotopic (exact) mass is 603 g/mol. The van der Waals surface area contributed by atoms with Gasteiger partial charge in [-0.25, -0.2) is 17.6 Å². The number of nitrogens with zero attached hydrogens (tertiary/aromatic N) is 2. The van der Waals surface area contributed by atoms with E-state index in [0.29, 0.717) is 30.4 Å². The van der Waals surface area contributed by atoms with Gasteiger partial charge in [0.15, 0.2) is 11.6 Å². The van der Waals surface area contributed by atoms with Crippen LogP contribution in [0.3, 0.4) is 0 Å². The van der Waals surface area contributed by atoms with E-state index in [4.69, 9.17) is 9.84 Å². The number of nitrogens with one attached hydrogen (secondary N) is 1. The molecule has 1 aromatic heterocycles. The molecule has 0 spiro atoms. The zero-order chi connectivity index (χ0) is 30.3. The van der Waals surface area contributed by atoms with Gasteiger partial charge in [-0.05, 0) is 38.5 Å². The van der Waals surface area contributed by atoms with Crippen molar-refractivity contribution < 1.29 is 63.3 Å². The van der Waals surface area contributed by atoms with E-state index < -0.39 is 92.6 Å². The summed E-state index contributed by atoms with van der Waals surface area (Å²) in [5.41, 5.74) is -5.74. The topological polar surface area (TPSA) is 135 Å². The van der Waals surface area contributed by atoms with Crippen molar-refractivity contribution >= 4 is 33.5 Å². The molecule has 0 saturated heterocycles. The molecular formula is C22H20F7N3O7S. The fourth-order valence-electron chi connectivity index (χ4n) is 3.39. The molecule has 1 amide bonds. The summed E-state index contributed by atoms with van der Waals surface area (Å²) in [6, 6.07) is 2.32. The number of ether oxygens (including phenoxy) is 2. The number of carbonyl (C=O) groups is 2. The van der Waals surface area contributed by atoms with Gasteiger partial charge < -0.3 is 14.6 Å². The molecule has 2 heterocycles. The number of aliphatic carboxylic acids is 1. The molecule has 3 rings (SSSR count). The van der Waals surface area contributed by atoms with Crippen LogP contribution in [0.2, 0.25) is 0 Å². The number of hydrogen-bond acceptors (Lipinski definition) is 7. The number of carboxylic acid groups (broad SMARTS) is 1. The number of sulfonamides is 1. The SMILES string of the molecule is CC(C)(OC(=O)Nc1cc(F)c2c(c1)N(S(=O)(=O)c1ccnc(C(F)(F)F)c1)C[C@H](CCC(=O)O)O2)C(F)(F)F.